The normalized spacial score (nSPS) is 15.8. The molecule has 1 aromatic carbocycles. The van der Waals surface area contributed by atoms with Gasteiger partial charge in [0.05, 0.1) is 25.1 Å². The van der Waals surface area contributed by atoms with Gasteiger partial charge in [0.1, 0.15) is 0 Å². The summed E-state index contributed by atoms with van der Waals surface area (Å²) in [7, 11) is 1.78. The second-order valence-corrected chi connectivity index (χ2v) is 8.26. The molecule has 0 bridgehead atoms. The number of carbonyl (C=O) groups is 3. The lowest BCUT2D eigenvalue weighted by molar-refractivity contribution is -0.152. The number of likely N-dealkylation sites (tertiary alicyclic amines) is 1. The molecule has 7 nitrogen and oxygen atoms in total. The van der Waals surface area contributed by atoms with Gasteiger partial charge in [-0.1, -0.05) is 17.7 Å². The van der Waals surface area contributed by atoms with E-state index in [0.29, 0.717) is 32.5 Å². The summed E-state index contributed by atoms with van der Waals surface area (Å²) < 4.78 is 5.08. The van der Waals surface area contributed by atoms with Crippen LogP contribution in [0.1, 0.15) is 43.4 Å². The minimum Gasteiger partial charge on any atom is -0.466 e. The molecule has 0 radical (unpaired) electrons. The lowest BCUT2D eigenvalue weighted by atomic mass is 9.96. The van der Waals surface area contributed by atoms with Crippen LogP contribution in [0.5, 0.6) is 0 Å². The molecule has 1 N–H and O–H groups in total. The summed E-state index contributed by atoms with van der Waals surface area (Å²) >= 11 is 0. The van der Waals surface area contributed by atoms with E-state index in [1.165, 1.54) is 0 Å². The lowest BCUT2D eigenvalue weighted by Gasteiger charge is -2.34. The van der Waals surface area contributed by atoms with Gasteiger partial charge in [-0.15, -0.1) is 0 Å². The van der Waals surface area contributed by atoms with Crippen molar-refractivity contribution in [2.75, 3.05) is 38.6 Å². The van der Waals surface area contributed by atoms with E-state index in [4.69, 9.17) is 4.74 Å². The van der Waals surface area contributed by atoms with E-state index in [1.807, 2.05) is 39.8 Å². The molecule has 2 amide bonds. The van der Waals surface area contributed by atoms with Gasteiger partial charge in [0.25, 0.3) is 0 Å². The Bertz CT molecular complexity index is 762. The molecule has 1 heterocycles. The molecule has 0 saturated carbocycles. The number of likely N-dealkylation sites (N-methyl/N-ethyl adjacent to an activating group) is 1. The lowest BCUT2D eigenvalue weighted by Crippen LogP contribution is -2.50. The molecule has 0 aromatic heterocycles. The highest BCUT2D eigenvalue weighted by Gasteiger charge is 2.31. The van der Waals surface area contributed by atoms with Crippen molar-refractivity contribution < 1.29 is 19.1 Å². The maximum Gasteiger partial charge on any atom is 0.309 e. The number of nitrogens with zero attached hydrogens (tertiary/aromatic N) is 2. The highest BCUT2D eigenvalue weighted by atomic mass is 16.5. The van der Waals surface area contributed by atoms with Crippen LogP contribution in [-0.2, 0) is 19.1 Å². The van der Waals surface area contributed by atoms with Crippen molar-refractivity contribution in [3.63, 3.8) is 0 Å². The topological polar surface area (TPSA) is 79.0 Å². The van der Waals surface area contributed by atoms with E-state index in [0.717, 1.165) is 22.4 Å². The van der Waals surface area contributed by atoms with Crippen molar-refractivity contribution >= 4 is 23.5 Å². The number of amides is 2. The molecule has 2 rings (SSSR count). The molecule has 166 valence electrons. The third-order valence-corrected chi connectivity index (χ3v) is 5.78. The molecule has 1 atom stereocenters. The van der Waals surface area contributed by atoms with Crippen LogP contribution in [0.4, 0.5) is 5.69 Å². The Hall–Kier alpha value is -2.41. The molecule has 1 saturated heterocycles. The van der Waals surface area contributed by atoms with Crippen molar-refractivity contribution in [2.24, 2.45) is 5.92 Å². The number of piperidine rings is 1. The average molecular weight is 418 g/mol. The number of ether oxygens (including phenoxy) is 1. The first kappa shape index (κ1) is 23.9. The number of carbonyl (C=O) groups excluding carboxylic acids is 3. The molecular weight excluding hydrogens is 382 g/mol. The summed E-state index contributed by atoms with van der Waals surface area (Å²) in [5.74, 6) is -0.467. The second-order valence-electron chi connectivity index (χ2n) is 8.26. The third-order valence-electron chi connectivity index (χ3n) is 5.78. The Morgan fingerprint density at radius 3 is 2.27 bits per heavy atom. The van der Waals surface area contributed by atoms with Crippen LogP contribution < -0.4 is 5.32 Å². The summed E-state index contributed by atoms with van der Waals surface area (Å²) in [5, 5.41) is 2.98. The van der Waals surface area contributed by atoms with E-state index in [1.54, 1.807) is 23.8 Å². The minimum absolute atomic E-state index is 0.0182. The summed E-state index contributed by atoms with van der Waals surface area (Å²) in [6, 6.07) is 3.66. The van der Waals surface area contributed by atoms with E-state index in [9.17, 15) is 14.4 Å². The summed E-state index contributed by atoms with van der Waals surface area (Å²) in [6.45, 7) is 11.2. The predicted molar refractivity (Wildman–Crippen MR) is 117 cm³/mol. The molecule has 1 unspecified atom stereocenters. The maximum atomic E-state index is 12.9. The van der Waals surface area contributed by atoms with Crippen molar-refractivity contribution in [2.45, 2.75) is 53.5 Å². The molecule has 0 aliphatic carbocycles. The van der Waals surface area contributed by atoms with Gasteiger partial charge in [-0.2, -0.15) is 0 Å². The van der Waals surface area contributed by atoms with Gasteiger partial charge in [-0.3, -0.25) is 19.3 Å². The van der Waals surface area contributed by atoms with Gasteiger partial charge in [-0.25, -0.2) is 0 Å². The Morgan fingerprint density at radius 2 is 1.73 bits per heavy atom. The van der Waals surface area contributed by atoms with Gasteiger partial charge >= 0.3 is 5.97 Å². The van der Waals surface area contributed by atoms with E-state index >= 15 is 0 Å². The fourth-order valence-electron chi connectivity index (χ4n) is 3.97. The third kappa shape index (κ3) is 6.05. The monoisotopic (exact) mass is 417 g/mol. The van der Waals surface area contributed by atoms with Gasteiger partial charge in [0.15, 0.2) is 0 Å². The predicted octanol–water partition coefficient (Wildman–Crippen LogP) is 2.67. The Morgan fingerprint density at radius 1 is 1.17 bits per heavy atom. The maximum absolute atomic E-state index is 12.9. The molecule has 1 fully saturated rings. The highest BCUT2D eigenvalue weighted by molar-refractivity contribution is 5.94. The van der Waals surface area contributed by atoms with Gasteiger partial charge in [0, 0.05) is 18.8 Å². The highest BCUT2D eigenvalue weighted by Crippen LogP contribution is 2.22. The van der Waals surface area contributed by atoms with Gasteiger partial charge in [0.2, 0.25) is 11.8 Å². The number of esters is 1. The van der Waals surface area contributed by atoms with Crippen LogP contribution in [0, 0.1) is 26.7 Å². The quantitative estimate of drug-likeness (QED) is 0.690. The van der Waals surface area contributed by atoms with Crippen molar-refractivity contribution in [1.82, 2.24) is 9.80 Å². The van der Waals surface area contributed by atoms with E-state index < -0.39 is 6.04 Å². The van der Waals surface area contributed by atoms with Crippen LogP contribution in [0.15, 0.2) is 12.1 Å². The molecule has 30 heavy (non-hydrogen) atoms. The number of benzene rings is 1. The molecule has 1 aliphatic rings. The first-order chi connectivity index (χ1) is 14.1. The van der Waals surface area contributed by atoms with Crippen molar-refractivity contribution in [3.8, 4) is 0 Å². The van der Waals surface area contributed by atoms with Crippen LogP contribution >= 0.6 is 0 Å². The largest absolute Gasteiger partial charge is 0.466 e. The summed E-state index contributed by atoms with van der Waals surface area (Å²) in [6.07, 6.45) is 1.24. The van der Waals surface area contributed by atoms with Crippen molar-refractivity contribution in [1.29, 1.82) is 0 Å². The Balaban J connectivity index is 1.88. The first-order valence-electron chi connectivity index (χ1n) is 10.7. The zero-order chi connectivity index (χ0) is 22.4. The Kier molecular flexibility index (Phi) is 8.41. The van der Waals surface area contributed by atoms with E-state index in [2.05, 4.69) is 5.32 Å². The van der Waals surface area contributed by atoms with Crippen LogP contribution in [0.2, 0.25) is 0 Å². The zero-order valence-corrected chi connectivity index (χ0v) is 19.1. The van der Waals surface area contributed by atoms with Crippen LogP contribution in [0.25, 0.3) is 0 Å². The number of rotatable bonds is 7. The van der Waals surface area contributed by atoms with Crippen molar-refractivity contribution in [3.05, 3.63) is 28.8 Å². The van der Waals surface area contributed by atoms with Crippen LogP contribution in [0.3, 0.4) is 0 Å². The number of hydrogen-bond donors (Lipinski definition) is 1. The minimum atomic E-state index is -0.421. The fraction of sp³-hybridized carbons (Fsp3) is 0.609. The molecule has 1 aromatic rings. The first-order valence-corrected chi connectivity index (χ1v) is 10.7. The second kappa shape index (κ2) is 10.6. The average Bonchev–Trinajstić information content (AvgIpc) is 2.69. The number of aryl methyl sites for hydroxylation is 3. The molecule has 1 aliphatic heterocycles. The van der Waals surface area contributed by atoms with Crippen LogP contribution in [-0.4, -0.2) is 66.9 Å². The van der Waals surface area contributed by atoms with E-state index in [-0.39, 0.29) is 30.2 Å². The standard InChI is InChI=1S/C23H35N3O4/c1-7-30-23(29)19-8-10-26(11-9-19)22(28)18(5)25(6)14-20(27)24-21-16(3)12-15(2)13-17(21)4/h12-13,18-19H,7-11,14H2,1-6H3,(H,24,27). The Labute approximate surface area is 179 Å². The number of anilines is 1. The number of nitrogens with one attached hydrogen (secondary N) is 1. The zero-order valence-electron chi connectivity index (χ0n) is 19.1. The molecule has 0 spiro atoms. The summed E-state index contributed by atoms with van der Waals surface area (Å²) in [5.41, 5.74) is 4.04. The smallest absolute Gasteiger partial charge is 0.309 e. The van der Waals surface area contributed by atoms with Gasteiger partial charge in [-0.05, 0) is 65.6 Å². The summed E-state index contributed by atoms with van der Waals surface area (Å²) in [4.78, 5) is 40.8. The molecular formula is C23H35N3O4. The SMILES string of the molecule is CCOC(=O)C1CCN(C(=O)C(C)N(C)CC(=O)Nc2c(C)cc(C)cc2C)CC1. The number of hydrogen-bond acceptors (Lipinski definition) is 5. The molecule has 7 heteroatoms. The fourth-order valence-corrected chi connectivity index (χ4v) is 3.97. The van der Waals surface area contributed by atoms with Gasteiger partial charge < -0.3 is 15.0 Å².